The molecule has 0 spiro atoms. The summed E-state index contributed by atoms with van der Waals surface area (Å²) in [7, 11) is -0.934. The Morgan fingerprint density at radius 2 is 1.84 bits per heavy atom. The highest BCUT2D eigenvalue weighted by molar-refractivity contribution is 7.92. The van der Waals surface area contributed by atoms with Crippen molar-refractivity contribution < 1.29 is 8.42 Å². The van der Waals surface area contributed by atoms with Crippen LogP contribution in [0, 0.1) is 5.92 Å². The number of rotatable bonds is 6. The molecule has 0 saturated heterocycles. The largest absolute Gasteiger partial charge is 0.329 e. The molecule has 1 fully saturated rings. The van der Waals surface area contributed by atoms with Gasteiger partial charge in [-0.2, -0.15) is 0 Å². The molecule has 1 aliphatic carbocycles. The van der Waals surface area contributed by atoms with Crippen LogP contribution in [0.5, 0.6) is 0 Å². The number of sulfone groups is 1. The lowest BCUT2D eigenvalue weighted by molar-refractivity contribution is 0.0732. The van der Waals surface area contributed by atoms with Crippen LogP contribution in [0.15, 0.2) is 0 Å². The molecule has 0 unspecified atom stereocenters. The van der Waals surface area contributed by atoms with Gasteiger partial charge in [-0.05, 0) is 52.5 Å². The summed E-state index contributed by atoms with van der Waals surface area (Å²) in [6, 6.07) is 0. The summed E-state index contributed by atoms with van der Waals surface area (Å²) < 4.78 is 23.8. The molecule has 2 N–H and O–H groups in total. The van der Waals surface area contributed by atoms with Gasteiger partial charge in [0.05, 0.1) is 11.0 Å². The highest BCUT2D eigenvalue weighted by atomic mass is 32.2. The van der Waals surface area contributed by atoms with Crippen molar-refractivity contribution in [3.63, 3.8) is 0 Å². The molecule has 4 nitrogen and oxygen atoms in total. The standard InChI is InChI=1S/C14H30N2O2S/c1-12(2)19(17,18)10-9-16(4)14(11-15)7-5-13(3)6-8-14/h12-13H,5-11,15H2,1-4H3. The molecule has 0 aromatic heterocycles. The van der Waals surface area contributed by atoms with E-state index < -0.39 is 9.84 Å². The first-order valence-corrected chi connectivity index (χ1v) is 9.08. The number of nitrogens with two attached hydrogens (primary N) is 1. The van der Waals surface area contributed by atoms with Crippen molar-refractivity contribution in [1.82, 2.24) is 4.90 Å². The molecule has 1 rings (SSSR count). The van der Waals surface area contributed by atoms with Gasteiger partial charge in [0.25, 0.3) is 0 Å². The Bertz CT molecular complexity index is 371. The summed E-state index contributed by atoms with van der Waals surface area (Å²) in [5.74, 6) is 1.01. The topological polar surface area (TPSA) is 63.4 Å². The van der Waals surface area contributed by atoms with Gasteiger partial charge in [-0.25, -0.2) is 8.42 Å². The number of nitrogens with zero attached hydrogens (tertiary/aromatic N) is 1. The summed E-state index contributed by atoms with van der Waals surface area (Å²) in [5, 5.41) is -0.291. The minimum absolute atomic E-state index is 0.0129. The Labute approximate surface area is 118 Å². The molecule has 0 aromatic rings. The van der Waals surface area contributed by atoms with E-state index in [1.54, 1.807) is 13.8 Å². The lowest BCUT2D eigenvalue weighted by Crippen LogP contribution is -2.55. The van der Waals surface area contributed by atoms with Crippen LogP contribution in [-0.2, 0) is 9.84 Å². The maximum absolute atomic E-state index is 11.9. The van der Waals surface area contributed by atoms with Crippen LogP contribution in [0.1, 0.15) is 46.5 Å². The zero-order chi connectivity index (χ0) is 14.7. The molecule has 1 saturated carbocycles. The number of hydrogen-bond donors (Lipinski definition) is 1. The molecule has 19 heavy (non-hydrogen) atoms. The van der Waals surface area contributed by atoms with Crippen LogP contribution in [0.4, 0.5) is 0 Å². The molecule has 0 amide bonds. The Morgan fingerprint density at radius 3 is 2.26 bits per heavy atom. The third-order valence-electron chi connectivity index (χ3n) is 4.82. The van der Waals surface area contributed by atoms with Crippen LogP contribution < -0.4 is 5.73 Å². The van der Waals surface area contributed by atoms with Gasteiger partial charge in [0.15, 0.2) is 9.84 Å². The van der Waals surface area contributed by atoms with E-state index in [2.05, 4.69) is 11.8 Å². The molecule has 0 bridgehead atoms. The van der Waals surface area contributed by atoms with E-state index >= 15 is 0 Å². The van der Waals surface area contributed by atoms with Gasteiger partial charge in [0.1, 0.15) is 0 Å². The second kappa shape index (κ2) is 6.55. The molecular formula is C14H30N2O2S. The van der Waals surface area contributed by atoms with Crippen LogP contribution in [0.2, 0.25) is 0 Å². The average molecular weight is 290 g/mol. The molecule has 0 radical (unpaired) electrons. The summed E-state index contributed by atoms with van der Waals surface area (Å²) in [6.07, 6.45) is 4.56. The number of hydrogen-bond acceptors (Lipinski definition) is 4. The maximum Gasteiger partial charge on any atom is 0.153 e. The average Bonchev–Trinajstić information content (AvgIpc) is 2.37. The summed E-state index contributed by atoms with van der Waals surface area (Å²) >= 11 is 0. The molecule has 0 heterocycles. The van der Waals surface area contributed by atoms with E-state index in [1.807, 2.05) is 7.05 Å². The van der Waals surface area contributed by atoms with Gasteiger partial charge in [-0.15, -0.1) is 0 Å². The molecule has 5 heteroatoms. The minimum Gasteiger partial charge on any atom is -0.329 e. The predicted molar refractivity (Wildman–Crippen MR) is 81.0 cm³/mol. The lowest BCUT2D eigenvalue weighted by atomic mass is 9.76. The number of likely N-dealkylation sites (N-methyl/N-ethyl adjacent to an activating group) is 1. The zero-order valence-electron chi connectivity index (χ0n) is 12.9. The smallest absolute Gasteiger partial charge is 0.153 e. The molecule has 0 atom stereocenters. The molecular weight excluding hydrogens is 260 g/mol. The third-order valence-corrected chi connectivity index (χ3v) is 7.01. The van der Waals surface area contributed by atoms with Crippen LogP contribution in [-0.4, -0.2) is 50.0 Å². The summed E-state index contributed by atoms with van der Waals surface area (Å²) in [5.41, 5.74) is 6.01. The van der Waals surface area contributed by atoms with Gasteiger partial charge in [0.2, 0.25) is 0 Å². The first-order valence-electron chi connectivity index (χ1n) is 7.36. The van der Waals surface area contributed by atoms with Crippen molar-refractivity contribution in [1.29, 1.82) is 0 Å². The SMILES string of the molecule is CC1CCC(CN)(N(C)CCS(=O)(=O)C(C)C)CC1. The Balaban J connectivity index is 2.63. The fourth-order valence-corrected chi connectivity index (χ4v) is 3.78. The van der Waals surface area contributed by atoms with E-state index in [4.69, 9.17) is 5.73 Å². The second-order valence-corrected chi connectivity index (χ2v) is 9.13. The Hall–Kier alpha value is -0.130. The van der Waals surface area contributed by atoms with E-state index in [0.29, 0.717) is 13.1 Å². The van der Waals surface area contributed by atoms with Crippen molar-refractivity contribution >= 4 is 9.84 Å². The maximum atomic E-state index is 11.9. The van der Waals surface area contributed by atoms with Gasteiger partial charge in [-0.1, -0.05) is 6.92 Å². The highest BCUT2D eigenvalue weighted by Crippen LogP contribution is 2.35. The first kappa shape index (κ1) is 16.9. The molecule has 0 aromatic carbocycles. The molecule has 114 valence electrons. The summed E-state index contributed by atoms with van der Waals surface area (Å²) in [6.45, 7) is 6.99. The first-order chi connectivity index (χ1) is 8.73. The van der Waals surface area contributed by atoms with E-state index in [0.717, 1.165) is 18.8 Å². The van der Waals surface area contributed by atoms with Crippen LogP contribution in [0.3, 0.4) is 0 Å². The minimum atomic E-state index is -2.96. The van der Waals surface area contributed by atoms with Crippen molar-refractivity contribution in [2.45, 2.75) is 57.2 Å². The monoisotopic (exact) mass is 290 g/mol. The van der Waals surface area contributed by atoms with Gasteiger partial charge >= 0.3 is 0 Å². The third kappa shape index (κ3) is 4.17. The van der Waals surface area contributed by atoms with Crippen LogP contribution in [0.25, 0.3) is 0 Å². The lowest BCUT2D eigenvalue weighted by Gasteiger charge is -2.45. The van der Waals surface area contributed by atoms with E-state index in [-0.39, 0.29) is 16.5 Å². The fraction of sp³-hybridized carbons (Fsp3) is 1.00. The van der Waals surface area contributed by atoms with Crippen molar-refractivity contribution in [3.8, 4) is 0 Å². The van der Waals surface area contributed by atoms with Crippen molar-refractivity contribution in [2.75, 3.05) is 25.9 Å². The molecule has 1 aliphatic rings. The predicted octanol–water partition coefficient (Wildman–Crippen LogP) is 1.65. The van der Waals surface area contributed by atoms with E-state index in [1.165, 1.54) is 12.8 Å². The second-order valence-electron chi connectivity index (χ2n) is 6.45. The zero-order valence-corrected chi connectivity index (χ0v) is 13.7. The normalized spacial score (nSPS) is 29.1. The van der Waals surface area contributed by atoms with E-state index in [9.17, 15) is 8.42 Å². The quantitative estimate of drug-likeness (QED) is 0.808. The summed E-state index contributed by atoms with van der Waals surface area (Å²) in [4.78, 5) is 2.19. The highest BCUT2D eigenvalue weighted by Gasteiger charge is 2.36. The fourth-order valence-electron chi connectivity index (χ4n) is 2.78. The molecule has 0 aliphatic heterocycles. The van der Waals surface area contributed by atoms with Gasteiger partial charge in [-0.3, -0.25) is 4.90 Å². The van der Waals surface area contributed by atoms with Crippen LogP contribution >= 0.6 is 0 Å². The Kier molecular flexibility index (Phi) is 5.83. The van der Waals surface area contributed by atoms with Crippen molar-refractivity contribution in [3.05, 3.63) is 0 Å². The van der Waals surface area contributed by atoms with Gasteiger partial charge < -0.3 is 5.73 Å². The van der Waals surface area contributed by atoms with Gasteiger partial charge in [0, 0.05) is 18.6 Å². The Morgan fingerprint density at radius 1 is 1.32 bits per heavy atom. The van der Waals surface area contributed by atoms with Crippen molar-refractivity contribution in [2.24, 2.45) is 11.7 Å².